The fraction of sp³-hybridized carbons (Fsp3) is 0.143. The highest BCUT2D eigenvalue weighted by molar-refractivity contribution is 5.77. The third-order valence-electron chi connectivity index (χ3n) is 2.86. The first-order chi connectivity index (χ1) is 8.40. The van der Waals surface area contributed by atoms with Crippen LogP contribution in [0, 0.1) is 0 Å². The number of anilines is 2. The summed E-state index contributed by atoms with van der Waals surface area (Å²) in [5, 5.41) is 9.19. The Bertz CT molecular complexity index is 494. The second-order valence-electron chi connectivity index (χ2n) is 3.91. The van der Waals surface area contributed by atoms with Crippen molar-refractivity contribution in [1.82, 2.24) is 0 Å². The van der Waals surface area contributed by atoms with E-state index in [1.54, 1.807) is 0 Å². The Balaban J connectivity index is 2.13. The highest BCUT2D eigenvalue weighted by atomic mass is 16.9. The Hall–Kier alpha value is -2.00. The molecule has 0 atom stereocenters. The Kier molecular flexibility index (Phi) is 2.46. The minimum Gasteiger partial charge on any atom is -0.453 e. The van der Waals surface area contributed by atoms with Crippen LogP contribution in [0.25, 0.3) is 0 Å². The van der Waals surface area contributed by atoms with Gasteiger partial charge in [0.2, 0.25) is 0 Å². The quantitative estimate of drug-likeness (QED) is 0.890. The molecule has 0 radical (unpaired) electrons. The van der Waals surface area contributed by atoms with Crippen molar-refractivity contribution in [2.24, 2.45) is 0 Å². The molecule has 1 aliphatic rings. The van der Waals surface area contributed by atoms with Gasteiger partial charge in [-0.2, -0.15) is 0 Å². The molecular formula is C14H13NO2. The number of rotatable bonds is 2. The number of hydrogen-bond acceptors (Lipinski definition) is 3. The van der Waals surface area contributed by atoms with E-state index < -0.39 is 0 Å². The van der Waals surface area contributed by atoms with Gasteiger partial charge in [0.25, 0.3) is 0 Å². The molecule has 0 fully saturated rings. The summed E-state index contributed by atoms with van der Waals surface area (Å²) in [5.41, 5.74) is 2.00. The molecule has 1 heterocycles. The predicted molar refractivity (Wildman–Crippen MR) is 67.0 cm³/mol. The van der Waals surface area contributed by atoms with Gasteiger partial charge in [0.15, 0.2) is 11.5 Å². The van der Waals surface area contributed by atoms with Crippen LogP contribution in [0.15, 0.2) is 48.5 Å². The van der Waals surface area contributed by atoms with Crippen molar-refractivity contribution >= 4 is 11.4 Å². The zero-order valence-corrected chi connectivity index (χ0v) is 9.34. The van der Waals surface area contributed by atoms with Crippen molar-refractivity contribution in [3.05, 3.63) is 48.5 Å². The number of β-amino-alcohol motifs (C(OH)–C–C–N with tert-alkyl or cyclic N) is 1. The van der Waals surface area contributed by atoms with E-state index in [2.05, 4.69) is 4.90 Å². The van der Waals surface area contributed by atoms with Crippen LogP contribution >= 0.6 is 0 Å². The normalized spacial score (nSPS) is 12.6. The zero-order chi connectivity index (χ0) is 11.7. The maximum absolute atomic E-state index is 9.19. The molecule has 0 aliphatic carbocycles. The molecule has 86 valence electrons. The summed E-state index contributed by atoms with van der Waals surface area (Å²) >= 11 is 0. The molecule has 1 aliphatic heterocycles. The summed E-state index contributed by atoms with van der Waals surface area (Å²) in [6, 6.07) is 15.7. The Morgan fingerprint density at radius 2 is 1.41 bits per heavy atom. The largest absolute Gasteiger partial charge is 0.453 e. The molecule has 3 heteroatoms. The van der Waals surface area contributed by atoms with Gasteiger partial charge < -0.3 is 14.7 Å². The van der Waals surface area contributed by atoms with Crippen LogP contribution in [-0.4, -0.2) is 18.3 Å². The van der Waals surface area contributed by atoms with E-state index in [1.165, 1.54) is 0 Å². The smallest absolute Gasteiger partial charge is 0.151 e. The summed E-state index contributed by atoms with van der Waals surface area (Å²) in [6.07, 6.45) is 0. The molecule has 17 heavy (non-hydrogen) atoms. The molecule has 0 bridgehead atoms. The van der Waals surface area contributed by atoms with Crippen LogP contribution < -0.4 is 9.64 Å². The fourth-order valence-corrected chi connectivity index (χ4v) is 2.12. The van der Waals surface area contributed by atoms with Crippen LogP contribution in [0.2, 0.25) is 0 Å². The van der Waals surface area contributed by atoms with Gasteiger partial charge in [-0.05, 0) is 24.3 Å². The molecule has 0 unspecified atom stereocenters. The number of para-hydroxylation sites is 4. The number of aliphatic hydroxyl groups is 1. The number of aliphatic hydroxyl groups excluding tert-OH is 1. The minimum atomic E-state index is 0.114. The number of benzene rings is 2. The lowest BCUT2D eigenvalue weighted by molar-refractivity contribution is 0.304. The summed E-state index contributed by atoms with van der Waals surface area (Å²) < 4.78 is 5.83. The van der Waals surface area contributed by atoms with Crippen LogP contribution in [0.4, 0.5) is 11.4 Å². The molecule has 0 aromatic heterocycles. The highest BCUT2D eigenvalue weighted by Gasteiger charge is 2.22. The first-order valence-electron chi connectivity index (χ1n) is 5.64. The Labute approximate surface area is 99.9 Å². The lowest BCUT2D eigenvalue weighted by atomic mass is 10.7. The molecule has 3 rings (SSSR count). The zero-order valence-electron chi connectivity index (χ0n) is 9.34. The first-order valence-corrected chi connectivity index (χ1v) is 5.64. The Morgan fingerprint density at radius 3 is 1.94 bits per heavy atom. The van der Waals surface area contributed by atoms with Crippen molar-refractivity contribution in [3.63, 3.8) is 0 Å². The molecule has 1 N–H and O–H groups in total. The van der Waals surface area contributed by atoms with E-state index in [9.17, 15) is 5.11 Å². The molecule has 0 saturated carbocycles. The maximum Gasteiger partial charge on any atom is 0.151 e. The molecule has 0 amide bonds. The number of nitrogens with zero attached hydrogens (tertiary/aromatic N) is 1. The van der Waals surface area contributed by atoms with Gasteiger partial charge in [0.05, 0.1) is 18.0 Å². The van der Waals surface area contributed by atoms with Gasteiger partial charge in [0, 0.05) is 6.54 Å². The van der Waals surface area contributed by atoms with Crippen molar-refractivity contribution in [3.8, 4) is 11.5 Å². The minimum absolute atomic E-state index is 0.114. The third-order valence-corrected chi connectivity index (χ3v) is 2.86. The van der Waals surface area contributed by atoms with Gasteiger partial charge in [0.1, 0.15) is 0 Å². The summed E-state index contributed by atoms with van der Waals surface area (Å²) in [6.45, 7) is 0.681. The van der Waals surface area contributed by atoms with Gasteiger partial charge in [-0.25, -0.2) is 0 Å². The third kappa shape index (κ3) is 1.65. The standard InChI is InChI=1S/C14H13NO2/c16-10-9-15-11-5-1-3-7-13(11)17-14-8-4-2-6-12(14)15/h1-8,16H,9-10H2/i1+2,2+2,3+2,4+2,5+2,6+2,7+2,8+2,11+2,12+2,13+2,14+2. The van der Waals surface area contributed by atoms with Gasteiger partial charge in [-0.15, -0.1) is 0 Å². The topological polar surface area (TPSA) is 32.7 Å². The van der Waals surface area contributed by atoms with Crippen LogP contribution in [0.5, 0.6) is 11.5 Å². The van der Waals surface area contributed by atoms with Crippen molar-refractivity contribution in [2.45, 2.75) is 0 Å². The van der Waals surface area contributed by atoms with E-state index >= 15 is 0 Å². The fourth-order valence-electron chi connectivity index (χ4n) is 2.12. The van der Waals surface area contributed by atoms with E-state index in [-0.39, 0.29) is 6.61 Å². The average molecular weight is 251 g/mol. The summed E-state index contributed by atoms with van der Waals surface area (Å²) in [5.74, 6) is 1.67. The SMILES string of the molecule is OCCN1[14c]2[14cH][14cH][14cH][14cH][14c]2O[14c]2[14cH][14cH][14cH][14cH][14c]21. The average Bonchev–Trinajstić information content (AvgIpc) is 2.39. The molecule has 2 aromatic rings. The van der Waals surface area contributed by atoms with Crippen LogP contribution in [0.1, 0.15) is 0 Å². The lowest BCUT2D eigenvalue weighted by Gasteiger charge is -2.32. The van der Waals surface area contributed by atoms with Crippen molar-refractivity contribution < 1.29 is 9.84 Å². The molecular weight excluding hydrogens is 238 g/mol. The van der Waals surface area contributed by atoms with Crippen LogP contribution in [-0.2, 0) is 0 Å². The van der Waals surface area contributed by atoms with E-state index in [0.717, 1.165) is 22.9 Å². The number of fused-ring (bicyclic) bond motifs is 2. The summed E-state index contributed by atoms with van der Waals surface area (Å²) in [7, 11) is 0. The molecule has 0 spiro atoms. The number of hydrogen-bond donors (Lipinski definition) is 1. The predicted octanol–water partition coefficient (Wildman–Crippen LogP) is 2.92. The lowest BCUT2D eigenvalue weighted by Crippen LogP contribution is -2.24. The van der Waals surface area contributed by atoms with E-state index in [1.807, 2.05) is 48.5 Å². The summed E-state index contributed by atoms with van der Waals surface area (Å²) in [4.78, 5) is 2.08. The van der Waals surface area contributed by atoms with Gasteiger partial charge in [-0.1, -0.05) is 24.3 Å². The first kappa shape index (κ1) is 10.2. The van der Waals surface area contributed by atoms with E-state index in [4.69, 9.17) is 4.74 Å². The molecule has 0 saturated heterocycles. The van der Waals surface area contributed by atoms with Gasteiger partial charge in [-0.3, -0.25) is 0 Å². The Morgan fingerprint density at radius 1 is 0.882 bits per heavy atom. The van der Waals surface area contributed by atoms with Crippen molar-refractivity contribution in [2.75, 3.05) is 18.1 Å². The van der Waals surface area contributed by atoms with E-state index in [0.29, 0.717) is 6.54 Å². The maximum atomic E-state index is 9.19. The molecule has 3 nitrogen and oxygen atoms in total. The molecule has 2 aromatic carbocycles. The highest BCUT2D eigenvalue weighted by Crippen LogP contribution is 2.45. The van der Waals surface area contributed by atoms with Gasteiger partial charge >= 0.3 is 0 Å². The number of ether oxygens (including phenoxy) is 1. The van der Waals surface area contributed by atoms with Crippen LogP contribution in [0.3, 0.4) is 0 Å². The van der Waals surface area contributed by atoms with Crippen molar-refractivity contribution in [1.29, 1.82) is 0 Å². The second kappa shape index (κ2) is 4.11. The monoisotopic (exact) mass is 251 g/mol. The second-order valence-corrected chi connectivity index (χ2v) is 3.91.